The molecule has 0 heterocycles. The standard InChI is InChI=1S/C21H25NO2/c1-3-22(2)20(24)21(17-9-5-4-6-10-17)14-13-16(15-23)18-11-7-8-12-19(18)21/h4-12,16,23H,3,13-15H2,1-2H3/t16-,21?/m0/s1. The van der Waals surface area contributed by atoms with Crippen LogP contribution in [0, 0.1) is 0 Å². The number of carbonyl (C=O) groups is 1. The van der Waals surface area contributed by atoms with Gasteiger partial charge < -0.3 is 10.0 Å². The van der Waals surface area contributed by atoms with E-state index in [0.29, 0.717) is 6.54 Å². The molecule has 1 N–H and O–H groups in total. The summed E-state index contributed by atoms with van der Waals surface area (Å²) in [7, 11) is 1.87. The zero-order chi connectivity index (χ0) is 17.2. The zero-order valence-electron chi connectivity index (χ0n) is 14.4. The number of hydrogen-bond acceptors (Lipinski definition) is 2. The Morgan fingerprint density at radius 1 is 1.17 bits per heavy atom. The minimum atomic E-state index is -0.658. The number of hydrogen-bond donors (Lipinski definition) is 1. The van der Waals surface area contributed by atoms with Gasteiger partial charge in [0.15, 0.2) is 0 Å². The van der Waals surface area contributed by atoms with Crippen LogP contribution in [0.1, 0.15) is 42.4 Å². The minimum Gasteiger partial charge on any atom is -0.396 e. The average Bonchev–Trinajstić information content (AvgIpc) is 2.66. The molecule has 0 bridgehead atoms. The molecule has 2 aromatic rings. The maximum Gasteiger partial charge on any atom is 0.237 e. The third-order valence-corrected chi connectivity index (χ3v) is 5.40. The molecule has 1 unspecified atom stereocenters. The van der Waals surface area contributed by atoms with Crippen molar-refractivity contribution in [3.8, 4) is 0 Å². The van der Waals surface area contributed by atoms with Crippen molar-refractivity contribution in [2.75, 3.05) is 20.2 Å². The van der Waals surface area contributed by atoms with E-state index < -0.39 is 5.41 Å². The molecule has 3 nitrogen and oxygen atoms in total. The molecule has 0 saturated heterocycles. The largest absolute Gasteiger partial charge is 0.396 e. The summed E-state index contributed by atoms with van der Waals surface area (Å²) in [5.41, 5.74) is 2.53. The lowest BCUT2D eigenvalue weighted by Crippen LogP contribution is -2.48. The molecule has 0 fully saturated rings. The van der Waals surface area contributed by atoms with Crippen molar-refractivity contribution < 1.29 is 9.90 Å². The molecule has 3 rings (SSSR count). The highest BCUT2D eigenvalue weighted by Crippen LogP contribution is 2.47. The van der Waals surface area contributed by atoms with Crippen molar-refractivity contribution in [2.45, 2.75) is 31.1 Å². The Kier molecular flexibility index (Phi) is 4.72. The van der Waals surface area contributed by atoms with E-state index in [1.54, 1.807) is 0 Å². The lowest BCUT2D eigenvalue weighted by atomic mass is 9.62. The van der Waals surface area contributed by atoms with E-state index in [1.807, 2.05) is 49.2 Å². The van der Waals surface area contributed by atoms with Crippen molar-refractivity contribution in [2.24, 2.45) is 0 Å². The van der Waals surface area contributed by atoms with Crippen LogP contribution in [0.3, 0.4) is 0 Å². The van der Waals surface area contributed by atoms with Crippen LogP contribution >= 0.6 is 0 Å². The van der Waals surface area contributed by atoms with E-state index in [1.165, 1.54) is 0 Å². The van der Waals surface area contributed by atoms with E-state index in [4.69, 9.17) is 0 Å². The second-order valence-electron chi connectivity index (χ2n) is 6.60. The molecule has 126 valence electrons. The van der Waals surface area contributed by atoms with Gasteiger partial charge in [0.1, 0.15) is 0 Å². The Hall–Kier alpha value is -2.13. The Morgan fingerprint density at radius 3 is 2.50 bits per heavy atom. The van der Waals surface area contributed by atoms with Gasteiger partial charge >= 0.3 is 0 Å². The highest BCUT2D eigenvalue weighted by Gasteiger charge is 2.47. The number of carbonyl (C=O) groups excluding carboxylic acids is 1. The summed E-state index contributed by atoms with van der Waals surface area (Å²) in [6.45, 7) is 2.81. The van der Waals surface area contributed by atoms with Crippen LogP contribution in [0.5, 0.6) is 0 Å². The summed E-state index contributed by atoms with van der Waals surface area (Å²) in [6, 6.07) is 18.2. The van der Waals surface area contributed by atoms with Crippen molar-refractivity contribution in [1.82, 2.24) is 4.90 Å². The Balaban J connectivity index is 2.25. The summed E-state index contributed by atoms with van der Waals surface area (Å²) in [6.07, 6.45) is 1.54. The fourth-order valence-corrected chi connectivity index (χ4v) is 3.95. The summed E-state index contributed by atoms with van der Waals surface area (Å²) >= 11 is 0. The highest BCUT2D eigenvalue weighted by molar-refractivity contribution is 5.93. The topological polar surface area (TPSA) is 40.5 Å². The number of benzene rings is 2. The Bertz CT molecular complexity index is 713. The van der Waals surface area contributed by atoms with Crippen LogP contribution in [0.2, 0.25) is 0 Å². The van der Waals surface area contributed by atoms with Gasteiger partial charge in [-0.15, -0.1) is 0 Å². The maximum atomic E-state index is 13.5. The highest BCUT2D eigenvalue weighted by atomic mass is 16.3. The predicted octanol–water partition coefficient (Wildman–Crippen LogP) is 3.32. The van der Waals surface area contributed by atoms with Gasteiger partial charge in [0.25, 0.3) is 0 Å². The average molecular weight is 323 g/mol. The van der Waals surface area contributed by atoms with Crippen molar-refractivity contribution in [3.63, 3.8) is 0 Å². The first-order chi connectivity index (χ1) is 11.6. The molecule has 3 heteroatoms. The fourth-order valence-electron chi connectivity index (χ4n) is 3.95. The van der Waals surface area contributed by atoms with Gasteiger partial charge in [0.2, 0.25) is 5.91 Å². The van der Waals surface area contributed by atoms with Crippen LogP contribution in [0.25, 0.3) is 0 Å². The molecule has 0 saturated carbocycles. The summed E-state index contributed by atoms with van der Waals surface area (Å²) in [5, 5.41) is 9.78. The number of nitrogens with zero attached hydrogens (tertiary/aromatic N) is 1. The SMILES string of the molecule is CCN(C)C(=O)C1(c2ccccc2)CC[C@@H](CO)c2ccccc21. The fraction of sp³-hybridized carbons (Fsp3) is 0.381. The van der Waals surface area contributed by atoms with Gasteiger partial charge in [-0.2, -0.15) is 0 Å². The molecule has 0 radical (unpaired) electrons. The molecule has 24 heavy (non-hydrogen) atoms. The first-order valence-corrected chi connectivity index (χ1v) is 8.66. The van der Waals surface area contributed by atoms with E-state index in [0.717, 1.165) is 29.5 Å². The predicted molar refractivity (Wildman–Crippen MR) is 96.0 cm³/mol. The number of likely N-dealkylation sites (N-methyl/N-ethyl adjacent to an activating group) is 1. The van der Waals surface area contributed by atoms with Crippen LogP contribution in [0.15, 0.2) is 54.6 Å². The smallest absolute Gasteiger partial charge is 0.237 e. The molecule has 1 aliphatic carbocycles. The normalized spacial score (nSPS) is 22.7. The first-order valence-electron chi connectivity index (χ1n) is 8.66. The number of rotatable bonds is 4. The van der Waals surface area contributed by atoms with Gasteiger partial charge in [-0.3, -0.25) is 4.79 Å². The molecule has 1 aliphatic rings. The van der Waals surface area contributed by atoms with Crippen molar-refractivity contribution in [1.29, 1.82) is 0 Å². The Morgan fingerprint density at radius 2 is 1.83 bits per heavy atom. The van der Waals surface area contributed by atoms with E-state index in [9.17, 15) is 9.90 Å². The number of aliphatic hydroxyl groups is 1. The monoisotopic (exact) mass is 323 g/mol. The molecule has 1 amide bonds. The van der Waals surface area contributed by atoms with Gasteiger partial charge in [-0.25, -0.2) is 0 Å². The summed E-state index contributed by atoms with van der Waals surface area (Å²) < 4.78 is 0. The molecule has 2 aromatic carbocycles. The summed E-state index contributed by atoms with van der Waals surface area (Å²) in [4.78, 5) is 15.3. The summed E-state index contributed by atoms with van der Waals surface area (Å²) in [5.74, 6) is 0.248. The van der Waals surface area contributed by atoms with Crippen LogP contribution < -0.4 is 0 Å². The third-order valence-electron chi connectivity index (χ3n) is 5.40. The van der Waals surface area contributed by atoms with Gasteiger partial charge in [0, 0.05) is 26.1 Å². The van der Waals surface area contributed by atoms with Crippen molar-refractivity contribution >= 4 is 5.91 Å². The van der Waals surface area contributed by atoms with Crippen LogP contribution in [0.4, 0.5) is 0 Å². The maximum absolute atomic E-state index is 13.5. The van der Waals surface area contributed by atoms with Crippen LogP contribution in [-0.2, 0) is 10.2 Å². The van der Waals surface area contributed by atoms with Gasteiger partial charge in [0.05, 0.1) is 5.41 Å². The molecular weight excluding hydrogens is 298 g/mol. The van der Waals surface area contributed by atoms with E-state index in [-0.39, 0.29) is 18.4 Å². The molecule has 0 aliphatic heterocycles. The van der Waals surface area contributed by atoms with Gasteiger partial charge in [-0.05, 0) is 36.5 Å². The number of fused-ring (bicyclic) bond motifs is 1. The second kappa shape index (κ2) is 6.78. The second-order valence-corrected chi connectivity index (χ2v) is 6.60. The van der Waals surface area contributed by atoms with Gasteiger partial charge in [-0.1, -0.05) is 54.6 Å². The Labute approximate surface area is 143 Å². The number of amides is 1. The molecule has 0 spiro atoms. The lowest BCUT2D eigenvalue weighted by molar-refractivity contribution is -0.135. The first kappa shape index (κ1) is 16.7. The van der Waals surface area contributed by atoms with E-state index in [2.05, 4.69) is 24.3 Å². The van der Waals surface area contributed by atoms with Crippen molar-refractivity contribution in [3.05, 3.63) is 71.3 Å². The van der Waals surface area contributed by atoms with Crippen LogP contribution in [-0.4, -0.2) is 36.1 Å². The lowest BCUT2D eigenvalue weighted by Gasteiger charge is -2.42. The zero-order valence-corrected chi connectivity index (χ0v) is 14.4. The molecular formula is C21H25NO2. The number of aliphatic hydroxyl groups excluding tert-OH is 1. The quantitative estimate of drug-likeness (QED) is 0.937. The molecule has 2 atom stereocenters. The minimum absolute atomic E-state index is 0.109. The molecule has 0 aromatic heterocycles. The third kappa shape index (κ3) is 2.53. The van der Waals surface area contributed by atoms with E-state index >= 15 is 0 Å².